The average Bonchev–Trinajstić information content (AvgIpc) is 2.55. The number of hydrogen-bond acceptors (Lipinski definition) is 3. The predicted octanol–water partition coefficient (Wildman–Crippen LogP) is 3.63. The first-order valence-corrected chi connectivity index (χ1v) is 9.36. The first kappa shape index (κ1) is 19.6. The van der Waals surface area contributed by atoms with Crippen LogP contribution in [0.25, 0.3) is 0 Å². The summed E-state index contributed by atoms with van der Waals surface area (Å²) in [5, 5.41) is 5.08. The van der Waals surface area contributed by atoms with Crippen molar-refractivity contribution in [2.75, 3.05) is 23.3 Å². The third-order valence-corrected chi connectivity index (χ3v) is 4.61. The minimum Gasteiger partial charge on any atom is -0.371 e. The van der Waals surface area contributed by atoms with Gasteiger partial charge in [0.05, 0.1) is 5.56 Å². The smallest absolute Gasteiger partial charge is 0.253 e. The summed E-state index contributed by atoms with van der Waals surface area (Å²) in [6, 6.07) is 5.53. The van der Waals surface area contributed by atoms with E-state index in [-0.39, 0.29) is 17.9 Å². The molecule has 1 aliphatic rings. The first-order chi connectivity index (χ1) is 11.8. The second kappa shape index (κ2) is 8.56. The van der Waals surface area contributed by atoms with Gasteiger partial charge in [-0.15, -0.1) is 11.6 Å². The van der Waals surface area contributed by atoms with E-state index < -0.39 is 5.38 Å². The highest BCUT2D eigenvalue weighted by molar-refractivity contribution is 6.32. The van der Waals surface area contributed by atoms with Gasteiger partial charge in [-0.2, -0.15) is 0 Å². The molecule has 2 rings (SSSR count). The summed E-state index contributed by atoms with van der Waals surface area (Å²) >= 11 is 5.82. The number of benzene rings is 1. The lowest BCUT2D eigenvalue weighted by Crippen LogP contribution is -2.36. The SMILES string of the molecule is CC1CCN(c2ccc(NC(=O)[C@H](C)Cl)cc2C(=O)NC(C)C)CC1. The lowest BCUT2D eigenvalue weighted by Gasteiger charge is -2.33. The molecule has 5 nitrogen and oxygen atoms in total. The van der Waals surface area contributed by atoms with Crippen LogP contribution in [0, 0.1) is 5.92 Å². The Morgan fingerprint density at radius 1 is 1.20 bits per heavy atom. The van der Waals surface area contributed by atoms with Gasteiger partial charge in [0, 0.05) is 30.5 Å². The van der Waals surface area contributed by atoms with Crippen molar-refractivity contribution in [3.8, 4) is 0 Å². The molecule has 0 unspecified atom stereocenters. The Morgan fingerprint density at radius 2 is 1.84 bits per heavy atom. The molecule has 138 valence electrons. The van der Waals surface area contributed by atoms with Crippen LogP contribution in [0.4, 0.5) is 11.4 Å². The van der Waals surface area contributed by atoms with Crippen molar-refractivity contribution in [2.24, 2.45) is 5.92 Å². The number of anilines is 2. The van der Waals surface area contributed by atoms with E-state index in [0.717, 1.165) is 31.6 Å². The topological polar surface area (TPSA) is 61.4 Å². The molecule has 1 heterocycles. The van der Waals surface area contributed by atoms with E-state index in [2.05, 4.69) is 22.5 Å². The van der Waals surface area contributed by atoms with Gasteiger partial charge in [0.15, 0.2) is 0 Å². The van der Waals surface area contributed by atoms with Crippen LogP contribution >= 0.6 is 11.6 Å². The molecule has 2 N–H and O–H groups in total. The molecule has 2 amide bonds. The molecule has 1 aromatic carbocycles. The van der Waals surface area contributed by atoms with Crippen molar-refractivity contribution in [1.29, 1.82) is 0 Å². The summed E-state index contributed by atoms with van der Waals surface area (Å²) in [7, 11) is 0. The number of carbonyl (C=O) groups excluding carboxylic acids is 2. The fourth-order valence-corrected chi connectivity index (χ4v) is 2.96. The second-order valence-corrected chi connectivity index (χ2v) is 7.79. The van der Waals surface area contributed by atoms with E-state index >= 15 is 0 Å². The minimum atomic E-state index is -0.629. The zero-order valence-corrected chi connectivity index (χ0v) is 16.2. The second-order valence-electron chi connectivity index (χ2n) is 7.13. The highest BCUT2D eigenvalue weighted by atomic mass is 35.5. The Labute approximate surface area is 155 Å². The van der Waals surface area contributed by atoms with Crippen LogP contribution in [0.5, 0.6) is 0 Å². The number of rotatable bonds is 5. The maximum absolute atomic E-state index is 12.7. The summed E-state index contributed by atoms with van der Waals surface area (Å²) in [5.41, 5.74) is 2.09. The zero-order valence-electron chi connectivity index (χ0n) is 15.4. The van der Waals surface area contributed by atoms with E-state index in [9.17, 15) is 9.59 Å². The van der Waals surface area contributed by atoms with Crippen LogP contribution in [0.3, 0.4) is 0 Å². The molecule has 0 radical (unpaired) electrons. The average molecular weight is 366 g/mol. The van der Waals surface area contributed by atoms with Crippen LogP contribution in [-0.2, 0) is 4.79 Å². The van der Waals surface area contributed by atoms with Crippen molar-refractivity contribution in [3.05, 3.63) is 23.8 Å². The summed E-state index contributed by atoms with van der Waals surface area (Å²) in [6.45, 7) is 9.62. The molecule has 0 aromatic heterocycles. The maximum Gasteiger partial charge on any atom is 0.253 e. The number of nitrogens with zero attached hydrogens (tertiary/aromatic N) is 1. The fraction of sp³-hybridized carbons (Fsp3) is 0.579. The fourth-order valence-electron chi connectivity index (χ4n) is 2.90. The van der Waals surface area contributed by atoms with E-state index in [1.165, 1.54) is 0 Å². The number of nitrogens with one attached hydrogen (secondary N) is 2. The van der Waals surface area contributed by atoms with Crippen molar-refractivity contribution in [1.82, 2.24) is 5.32 Å². The molecule has 0 spiro atoms. The van der Waals surface area contributed by atoms with Gasteiger partial charge < -0.3 is 15.5 Å². The van der Waals surface area contributed by atoms with Crippen molar-refractivity contribution >= 4 is 34.8 Å². The van der Waals surface area contributed by atoms with Crippen LogP contribution < -0.4 is 15.5 Å². The first-order valence-electron chi connectivity index (χ1n) is 8.92. The summed E-state index contributed by atoms with van der Waals surface area (Å²) in [6.07, 6.45) is 2.24. The number of hydrogen-bond donors (Lipinski definition) is 2. The molecule has 1 saturated heterocycles. The van der Waals surface area contributed by atoms with Crippen molar-refractivity contribution < 1.29 is 9.59 Å². The van der Waals surface area contributed by atoms with E-state index in [1.807, 2.05) is 26.0 Å². The monoisotopic (exact) mass is 365 g/mol. The molecule has 1 atom stereocenters. The van der Waals surface area contributed by atoms with Gasteiger partial charge in [-0.1, -0.05) is 6.92 Å². The largest absolute Gasteiger partial charge is 0.371 e. The molecule has 1 aliphatic heterocycles. The van der Waals surface area contributed by atoms with Gasteiger partial charge in [-0.05, 0) is 57.7 Å². The van der Waals surface area contributed by atoms with Gasteiger partial charge in [0.2, 0.25) is 5.91 Å². The number of carbonyl (C=O) groups is 2. The third-order valence-electron chi connectivity index (χ3n) is 4.41. The van der Waals surface area contributed by atoms with Crippen molar-refractivity contribution in [3.63, 3.8) is 0 Å². The van der Waals surface area contributed by atoms with Gasteiger partial charge in [-0.3, -0.25) is 9.59 Å². The summed E-state index contributed by atoms with van der Waals surface area (Å²) < 4.78 is 0. The molecular formula is C19H28ClN3O2. The Balaban J connectivity index is 2.30. The van der Waals surface area contributed by atoms with Gasteiger partial charge in [0.1, 0.15) is 5.38 Å². The van der Waals surface area contributed by atoms with E-state index in [4.69, 9.17) is 11.6 Å². The Morgan fingerprint density at radius 3 is 2.40 bits per heavy atom. The van der Waals surface area contributed by atoms with E-state index in [1.54, 1.807) is 13.0 Å². The molecular weight excluding hydrogens is 338 g/mol. The molecule has 0 bridgehead atoms. The number of halogens is 1. The standard InChI is InChI=1S/C19H28ClN3O2/c1-12(2)21-19(25)16-11-15(22-18(24)14(4)20)5-6-17(16)23-9-7-13(3)8-10-23/h5-6,11-14H,7-10H2,1-4H3,(H,21,25)(H,22,24)/t14-/m0/s1. The lowest BCUT2D eigenvalue weighted by molar-refractivity contribution is -0.115. The van der Waals surface area contributed by atoms with Gasteiger partial charge >= 0.3 is 0 Å². The molecule has 1 fully saturated rings. The highest BCUT2D eigenvalue weighted by Crippen LogP contribution is 2.29. The number of piperidine rings is 1. The molecule has 25 heavy (non-hydrogen) atoms. The zero-order chi connectivity index (χ0) is 18.6. The Hall–Kier alpha value is -1.75. The molecule has 6 heteroatoms. The van der Waals surface area contributed by atoms with Crippen LogP contribution in [-0.4, -0.2) is 36.3 Å². The molecule has 1 aromatic rings. The number of alkyl halides is 1. The summed E-state index contributed by atoms with van der Waals surface area (Å²) in [5.74, 6) is 0.308. The van der Waals surface area contributed by atoms with Crippen LogP contribution in [0.2, 0.25) is 0 Å². The number of amides is 2. The van der Waals surface area contributed by atoms with Gasteiger partial charge in [-0.25, -0.2) is 0 Å². The maximum atomic E-state index is 12.7. The van der Waals surface area contributed by atoms with Gasteiger partial charge in [0.25, 0.3) is 5.91 Å². The van der Waals surface area contributed by atoms with E-state index in [0.29, 0.717) is 17.2 Å². The predicted molar refractivity (Wildman–Crippen MR) is 104 cm³/mol. The normalized spacial score (nSPS) is 16.6. The van der Waals surface area contributed by atoms with Crippen molar-refractivity contribution in [2.45, 2.75) is 52.0 Å². The quantitative estimate of drug-likeness (QED) is 0.783. The highest BCUT2D eigenvalue weighted by Gasteiger charge is 2.22. The van der Waals surface area contributed by atoms with Crippen LogP contribution in [0.15, 0.2) is 18.2 Å². The molecule has 0 aliphatic carbocycles. The lowest BCUT2D eigenvalue weighted by atomic mass is 9.97. The van der Waals surface area contributed by atoms with Crippen LogP contribution in [0.1, 0.15) is 50.9 Å². The molecule has 0 saturated carbocycles. The third kappa shape index (κ3) is 5.36. The Bertz CT molecular complexity index is 623. The Kier molecular flexibility index (Phi) is 6.71. The summed E-state index contributed by atoms with van der Waals surface area (Å²) in [4.78, 5) is 26.8. The minimum absolute atomic E-state index is 0.0443.